The van der Waals surface area contributed by atoms with Crippen LogP contribution in [0.4, 0.5) is 5.69 Å². The summed E-state index contributed by atoms with van der Waals surface area (Å²) in [6.07, 6.45) is 1.59. The van der Waals surface area contributed by atoms with E-state index >= 15 is 0 Å². The molecule has 0 aliphatic carbocycles. The summed E-state index contributed by atoms with van der Waals surface area (Å²) in [4.78, 5) is 24.1. The molecular weight excluding hydrogens is 393 g/mol. The van der Waals surface area contributed by atoms with Gasteiger partial charge in [0.25, 0.3) is 5.91 Å². The van der Waals surface area contributed by atoms with E-state index in [2.05, 4.69) is 5.32 Å². The van der Waals surface area contributed by atoms with Gasteiger partial charge in [0, 0.05) is 6.08 Å². The van der Waals surface area contributed by atoms with E-state index in [0.29, 0.717) is 16.3 Å². The maximum Gasteiger partial charge on any atom is 0.331 e. The topological polar surface area (TPSA) is 84.9 Å². The number of methoxy groups -OCH3 is 1. The van der Waals surface area contributed by atoms with Gasteiger partial charge in [-0.2, -0.15) is 0 Å². The fourth-order valence-corrected chi connectivity index (χ4v) is 2.41. The Morgan fingerprint density at radius 1 is 1.22 bits per heavy atom. The number of carbonyl (C=O) groups is 2. The van der Waals surface area contributed by atoms with Crippen LogP contribution >= 0.6 is 23.2 Å². The van der Waals surface area contributed by atoms with Crippen molar-refractivity contribution in [3.8, 4) is 11.5 Å². The van der Waals surface area contributed by atoms with Crippen LogP contribution in [-0.2, 0) is 14.3 Å². The van der Waals surface area contributed by atoms with Crippen LogP contribution in [0, 0.1) is 0 Å². The average Bonchev–Trinajstić information content (AvgIpc) is 2.64. The third-order valence-corrected chi connectivity index (χ3v) is 4.31. The number of nitrogens with one attached hydrogen (secondary N) is 1. The predicted molar refractivity (Wildman–Crippen MR) is 104 cm³/mol. The van der Waals surface area contributed by atoms with Crippen LogP contribution in [0.5, 0.6) is 11.5 Å². The molecule has 0 bridgehead atoms. The Hall–Kier alpha value is -2.70. The van der Waals surface area contributed by atoms with Gasteiger partial charge in [0.15, 0.2) is 17.6 Å². The second kappa shape index (κ2) is 9.30. The number of anilines is 1. The summed E-state index contributed by atoms with van der Waals surface area (Å²) >= 11 is 11.9. The van der Waals surface area contributed by atoms with Crippen LogP contribution in [-0.4, -0.2) is 30.2 Å². The van der Waals surface area contributed by atoms with Crippen molar-refractivity contribution in [3.05, 3.63) is 58.1 Å². The molecule has 142 valence electrons. The van der Waals surface area contributed by atoms with Crippen molar-refractivity contribution >= 4 is 46.8 Å². The summed E-state index contributed by atoms with van der Waals surface area (Å²) in [5.74, 6) is -0.993. The molecule has 1 atom stereocenters. The Morgan fingerprint density at radius 2 is 1.96 bits per heavy atom. The molecular formula is C19H17Cl2NO5. The lowest BCUT2D eigenvalue weighted by Crippen LogP contribution is -2.29. The highest BCUT2D eigenvalue weighted by Crippen LogP contribution is 2.29. The van der Waals surface area contributed by atoms with Crippen molar-refractivity contribution in [2.45, 2.75) is 13.0 Å². The third kappa shape index (κ3) is 5.64. The highest BCUT2D eigenvalue weighted by atomic mass is 35.5. The second-order valence-electron chi connectivity index (χ2n) is 5.43. The van der Waals surface area contributed by atoms with Crippen LogP contribution in [0.25, 0.3) is 6.08 Å². The van der Waals surface area contributed by atoms with E-state index in [9.17, 15) is 14.7 Å². The molecule has 0 spiro atoms. The van der Waals surface area contributed by atoms with E-state index < -0.39 is 18.0 Å². The Balaban J connectivity index is 1.96. The minimum absolute atomic E-state index is 0.0119. The van der Waals surface area contributed by atoms with Gasteiger partial charge >= 0.3 is 5.97 Å². The Bertz CT molecular complexity index is 882. The molecule has 0 radical (unpaired) electrons. The number of phenols is 1. The Labute approximate surface area is 166 Å². The molecule has 2 aromatic rings. The van der Waals surface area contributed by atoms with Gasteiger partial charge in [0.2, 0.25) is 0 Å². The van der Waals surface area contributed by atoms with Gasteiger partial charge in [-0.3, -0.25) is 4.79 Å². The smallest absolute Gasteiger partial charge is 0.331 e. The SMILES string of the molecule is COc1cc(/C=C/C(=O)O[C@@H](C)C(=O)Nc2cccc(Cl)c2Cl)ccc1O. The summed E-state index contributed by atoms with van der Waals surface area (Å²) in [6.45, 7) is 1.43. The highest BCUT2D eigenvalue weighted by Gasteiger charge is 2.18. The number of esters is 1. The van der Waals surface area contributed by atoms with Gasteiger partial charge in [-0.1, -0.05) is 35.3 Å². The first kappa shape index (κ1) is 20.6. The second-order valence-corrected chi connectivity index (χ2v) is 6.22. The first-order valence-electron chi connectivity index (χ1n) is 7.82. The predicted octanol–water partition coefficient (Wildman–Crippen LogP) is 4.29. The lowest BCUT2D eigenvalue weighted by Gasteiger charge is -2.13. The number of rotatable bonds is 6. The first-order valence-corrected chi connectivity index (χ1v) is 8.58. The normalized spacial score (nSPS) is 11.9. The van der Waals surface area contributed by atoms with Crippen molar-refractivity contribution in [1.82, 2.24) is 0 Å². The Morgan fingerprint density at radius 3 is 2.67 bits per heavy atom. The fourth-order valence-electron chi connectivity index (χ4n) is 2.06. The van der Waals surface area contributed by atoms with Gasteiger partial charge in [-0.25, -0.2) is 4.79 Å². The number of hydrogen-bond acceptors (Lipinski definition) is 5. The van der Waals surface area contributed by atoms with Crippen molar-refractivity contribution < 1.29 is 24.2 Å². The quantitative estimate of drug-likeness (QED) is 0.548. The van der Waals surface area contributed by atoms with Crippen molar-refractivity contribution in [1.29, 1.82) is 0 Å². The molecule has 27 heavy (non-hydrogen) atoms. The molecule has 2 aromatic carbocycles. The van der Waals surface area contributed by atoms with E-state index in [4.69, 9.17) is 32.7 Å². The van der Waals surface area contributed by atoms with E-state index in [-0.39, 0.29) is 16.5 Å². The van der Waals surface area contributed by atoms with E-state index in [0.717, 1.165) is 0 Å². The van der Waals surface area contributed by atoms with E-state index in [1.54, 1.807) is 30.3 Å². The van der Waals surface area contributed by atoms with Gasteiger partial charge in [-0.15, -0.1) is 0 Å². The van der Waals surface area contributed by atoms with E-state index in [1.165, 1.54) is 32.3 Å². The van der Waals surface area contributed by atoms with Crippen molar-refractivity contribution in [2.24, 2.45) is 0 Å². The molecule has 0 saturated carbocycles. The minimum Gasteiger partial charge on any atom is -0.504 e. The average molecular weight is 410 g/mol. The largest absolute Gasteiger partial charge is 0.504 e. The van der Waals surface area contributed by atoms with E-state index in [1.807, 2.05) is 0 Å². The van der Waals surface area contributed by atoms with Gasteiger partial charge in [0.05, 0.1) is 22.8 Å². The molecule has 0 unspecified atom stereocenters. The number of halogens is 2. The summed E-state index contributed by atoms with van der Waals surface area (Å²) in [6, 6.07) is 9.39. The first-order chi connectivity index (χ1) is 12.8. The van der Waals surface area contributed by atoms with Crippen molar-refractivity contribution in [2.75, 3.05) is 12.4 Å². The maximum atomic E-state index is 12.1. The van der Waals surface area contributed by atoms with Crippen molar-refractivity contribution in [3.63, 3.8) is 0 Å². The van der Waals surface area contributed by atoms with Crippen LogP contribution in [0.2, 0.25) is 10.0 Å². The number of benzene rings is 2. The molecule has 0 fully saturated rings. The zero-order valence-corrected chi connectivity index (χ0v) is 16.0. The van der Waals surface area contributed by atoms with Crippen LogP contribution in [0.1, 0.15) is 12.5 Å². The number of phenolic OH excluding ortho intramolecular Hbond substituents is 1. The standard InChI is InChI=1S/C19H17Cl2NO5/c1-11(19(25)22-14-5-3-4-13(20)18(14)21)27-17(24)9-7-12-6-8-15(23)16(10-12)26-2/h3-11,23H,1-2H3,(H,22,25)/b9-7+/t11-/m0/s1. The van der Waals surface area contributed by atoms with Gasteiger partial charge < -0.3 is 19.9 Å². The van der Waals surface area contributed by atoms with Gasteiger partial charge in [0.1, 0.15) is 0 Å². The molecule has 0 aliphatic rings. The van der Waals surface area contributed by atoms with Crippen LogP contribution in [0.3, 0.4) is 0 Å². The minimum atomic E-state index is -1.05. The number of hydrogen-bond donors (Lipinski definition) is 2. The molecule has 0 saturated heterocycles. The molecule has 0 aromatic heterocycles. The monoisotopic (exact) mass is 409 g/mol. The summed E-state index contributed by atoms with van der Waals surface area (Å²) in [5.41, 5.74) is 0.938. The molecule has 2 N–H and O–H groups in total. The number of amides is 1. The Kier molecular flexibility index (Phi) is 7.10. The highest BCUT2D eigenvalue weighted by molar-refractivity contribution is 6.44. The zero-order valence-electron chi connectivity index (χ0n) is 14.5. The zero-order chi connectivity index (χ0) is 20.0. The summed E-state index contributed by atoms with van der Waals surface area (Å²) in [7, 11) is 1.42. The summed E-state index contributed by atoms with van der Waals surface area (Å²) < 4.78 is 10.1. The molecule has 8 heteroatoms. The number of carbonyl (C=O) groups excluding carboxylic acids is 2. The maximum absolute atomic E-state index is 12.1. The molecule has 2 rings (SSSR count). The molecule has 0 heterocycles. The third-order valence-electron chi connectivity index (χ3n) is 3.49. The molecule has 6 nitrogen and oxygen atoms in total. The molecule has 1 amide bonds. The number of aromatic hydroxyl groups is 1. The molecule has 0 aliphatic heterocycles. The van der Waals surface area contributed by atoms with Gasteiger partial charge in [-0.05, 0) is 42.8 Å². The number of ether oxygens (including phenoxy) is 2. The lowest BCUT2D eigenvalue weighted by molar-refractivity contribution is -0.148. The fraction of sp³-hybridized carbons (Fsp3) is 0.158. The van der Waals surface area contributed by atoms with Crippen LogP contribution in [0.15, 0.2) is 42.5 Å². The summed E-state index contributed by atoms with van der Waals surface area (Å²) in [5, 5.41) is 12.6. The van der Waals surface area contributed by atoms with Crippen LogP contribution < -0.4 is 10.1 Å². The lowest BCUT2D eigenvalue weighted by atomic mass is 10.2.